The van der Waals surface area contributed by atoms with Gasteiger partial charge in [-0.05, 0) is 54.6 Å². The summed E-state index contributed by atoms with van der Waals surface area (Å²) in [5.41, 5.74) is 2.63. The monoisotopic (exact) mass is 435 g/mol. The van der Waals surface area contributed by atoms with Gasteiger partial charge in [-0.1, -0.05) is 6.07 Å². The summed E-state index contributed by atoms with van der Waals surface area (Å²) >= 11 is 1.81. The number of halogens is 1. The zero-order chi connectivity index (χ0) is 20.8. The molecule has 0 atom stereocenters. The third kappa shape index (κ3) is 3.47. The van der Waals surface area contributed by atoms with Crippen LogP contribution in [0.15, 0.2) is 53.9 Å². The van der Waals surface area contributed by atoms with Crippen molar-refractivity contribution in [2.45, 2.75) is 25.4 Å². The highest BCUT2D eigenvalue weighted by atomic mass is 32.1. The molecule has 0 N–H and O–H groups in total. The third-order valence-corrected chi connectivity index (χ3v) is 7.03. The molecule has 0 spiro atoms. The Morgan fingerprint density at radius 2 is 1.90 bits per heavy atom. The van der Waals surface area contributed by atoms with E-state index < -0.39 is 0 Å². The van der Waals surface area contributed by atoms with Gasteiger partial charge in [0.25, 0.3) is 0 Å². The van der Waals surface area contributed by atoms with Gasteiger partial charge >= 0.3 is 0 Å². The molecule has 1 fully saturated rings. The van der Waals surface area contributed by atoms with Crippen molar-refractivity contribution in [3.63, 3.8) is 0 Å². The van der Waals surface area contributed by atoms with E-state index in [0.717, 1.165) is 60.9 Å². The van der Waals surface area contributed by atoms with E-state index in [1.165, 1.54) is 17.0 Å². The van der Waals surface area contributed by atoms with Crippen molar-refractivity contribution in [1.82, 2.24) is 14.5 Å². The fourth-order valence-electron chi connectivity index (χ4n) is 4.64. The molecule has 4 aromatic rings. The van der Waals surface area contributed by atoms with Crippen LogP contribution >= 0.6 is 11.3 Å². The van der Waals surface area contributed by atoms with Crippen LogP contribution in [0.3, 0.4) is 0 Å². The number of aromatic nitrogens is 2. The maximum absolute atomic E-state index is 13.9. The summed E-state index contributed by atoms with van der Waals surface area (Å²) in [6.07, 6.45) is 2.07. The van der Waals surface area contributed by atoms with E-state index in [9.17, 15) is 4.39 Å². The predicted octanol–water partition coefficient (Wildman–Crippen LogP) is 5.47. The fourth-order valence-corrected chi connectivity index (χ4v) is 5.39. The van der Waals surface area contributed by atoms with Crippen LogP contribution in [0.5, 0.6) is 11.5 Å². The average Bonchev–Trinajstić information content (AvgIpc) is 3.53. The van der Waals surface area contributed by atoms with Crippen molar-refractivity contribution in [3.8, 4) is 22.9 Å². The lowest BCUT2D eigenvalue weighted by Crippen LogP contribution is -2.34. The highest BCUT2D eigenvalue weighted by molar-refractivity contribution is 7.09. The molecular formula is C24H22FN3O2S. The minimum absolute atomic E-state index is 0.239. The van der Waals surface area contributed by atoms with Crippen LogP contribution in [-0.2, 0) is 6.54 Å². The molecule has 0 aliphatic carbocycles. The molecule has 7 heteroatoms. The van der Waals surface area contributed by atoms with E-state index in [0.29, 0.717) is 11.6 Å². The molecule has 5 nitrogen and oxygen atoms in total. The van der Waals surface area contributed by atoms with Gasteiger partial charge in [0.05, 0.1) is 11.0 Å². The zero-order valence-corrected chi connectivity index (χ0v) is 17.8. The molecule has 2 aliphatic rings. The molecular weight excluding hydrogens is 413 g/mol. The van der Waals surface area contributed by atoms with Crippen molar-refractivity contribution >= 4 is 22.4 Å². The summed E-state index contributed by atoms with van der Waals surface area (Å²) in [6, 6.07) is 15.4. The van der Waals surface area contributed by atoms with Crippen LogP contribution in [0.25, 0.3) is 22.4 Å². The topological polar surface area (TPSA) is 39.5 Å². The van der Waals surface area contributed by atoms with Crippen molar-refractivity contribution in [2.24, 2.45) is 0 Å². The van der Waals surface area contributed by atoms with E-state index >= 15 is 0 Å². The maximum Gasteiger partial charge on any atom is 0.231 e. The summed E-state index contributed by atoms with van der Waals surface area (Å²) in [7, 11) is 0. The second kappa shape index (κ2) is 7.66. The lowest BCUT2D eigenvalue weighted by Gasteiger charge is -2.33. The summed E-state index contributed by atoms with van der Waals surface area (Å²) < 4.78 is 27.3. The van der Waals surface area contributed by atoms with Crippen LogP contribution in [0.4, 0.5) is 4.39 Å². The number of thiophene rings is 1. The predicted molar refractivity (Wildman–Crippen MR) is 119 cm³/mol. The molecule has 6 rings (SSSR count). The Labute approximate surface area is 183 Å². The number of piperidine rings is 1. The van der Waals surface area contributed by atoms with Crippen molar-refractivity contribution in [2.75, 3.05) is 19.9 Å². The van der Waals surface area contributed by atoms with Crippen LogP contribution in [0.1, 0.15) is 23.8 Å². The average molecular weight is 436 g/mol. The SMILES string of the molecule is Fc1ccc2c(c1)nc(-c1ccc3c(c1)OCO3)n2C1CCN(Cc2cccs2)CC1. The van der Waals surface area contributed by atoms with Crippen molar-refractivity contribution in [3.05, 3.63) is 64.6 Å². The lowest BCUT2D eigenvalue weighted by molar-refractivity contribution is 0.174. The Balaban J connectivity index is 1.35. The molecule has 0 amide bonds. The van der Waals surface area contributed by atoms with E-state index in [1.807, 2.05) is 35.6 Å². The number of hydrogen-bond acceptors (Lipinski definition) is 5. The Morgan fingerprint density at radius 1 is 1.03 bits per heavy atom. The number of imidazole rings is 1. The first kappa shape index (κ1) is 18.8. The van der Waals surface area contributed by atoms with Gasteiger partial charge in [0, 0.05) is 42.2 Å². The maximum atomic E-state index is 13.9. The molecule has 2 aliphatic heterocycles. The molecule has 31 heavy (non-hydrogen) atoms. The Hall–Kier alpha value is -2.90. The number of ether oxygens (including phenoxy) is 2. The zero-order valence-electron chi connectivity index (χ0n) is 17.0. The second-order valence-electron chi connectivity index (χ2n) is 8.09. The minimum Gasteiger partial charge on any atom is -0.454 e. The number of likely N-dealkylation sites (tertiary alicyclic amines) is 1. The number of hydrogen-bond donors (Lipinski definition) is 0. The van der Waals surface area contributed by atoms with Crippen LogP contribution in [-0.4, -0.2) is 34.3 Å². The molecule has 1 saturated heterocycles. The molecule has 4 heterocycles. The lowest BCUT2D eigenvalue weighted by atomic mass is 10.0. The first-order chi connectivity index (χ1) is 15.2. The molecule has 0 saturated carbocycles. The van der Waals surface area contributed by atoms with Gasteiger partial charge in [-0.3, -0.25) is 4.90 Å². The first-order valence-electron chi connectivity index (χ1n) is 10.6. The number of fused-ring (bicyclic) bond motifs is 2. The van der Waals surface area contributed by atoms with E-state index in [-0.39, 0.29) is 12.6 Å². The van der Waals surface area contributed by atoms with Crippen molar-refractivity contribution < 1.29 is 13.9 Å². The number of nitrogens with zero attached hydrogens (tertiary/aromatic N) is 3. The Kier molecular flexibility index (Phi) is 4.65. The smallest absolute Gasteiger partial charge is 0.231 e. The van der Waals surface area contributed by atoms with Gasteiger partial charge in [-0.2, -0.15) is 0 Å². The molecule has 158 valence electrons. The third-order valence-electron chi connectivity index (χ3n) is 6.16. The fraction of sp³-hybridized carbons (Fsp3) is 0.292. The van der Waals surface area contributed by atoms with E-state index in [2.05, 4.69) is 27.0 Å². The minimum atomic E-state index is -0.264. The normalized spacial score (nSPS) is 16.9. The van der Waals surface area contributed by atoms with Crippen LogP contribution in [0.2, 0.25) is 0 Å². The van der Waals surface area contributed by atoms with Gasteiger partial charge in [0.2, 0.25) is 6.79 Å². The van der Waals surface area contributed by atoms with Crippen molar-refractivity contribution in [1.29, 1.82) is 0 Å². The largest absolute Gasteiger partial charge is 0.454 e. The second-order valence-corrected chi connectivity index (χ2v) is 9.13. The molecule has 2 aromatic heterocycles. The molecule has 2 aromatic carbocycles. The quantitative estimate of drug-likeness (QED) is 0.426. The van der Waals surface area contributed by atoms with Crippen LogP contribution < -0.4 is 9.47 Å². The standard InChI is InChI=1S/C24H22FN3O2S/c25-17-4-5-21-20(13-17)26-24(16-3-6-22-23(12-16)30-15-29-22)28(21)18-7-9-27(10-8-18)14-19-2-1-11-31-19/h1-6,11-13,18H,7-10,14-15H2. The van der Waals surface area contributed by atoms with E-state index in [4.69, 9.17) is 14.5 Å². The number of rotatable bonds is 4. The van der Waals surface area contributed by atoms with E-state index in [1.54, 1.807) is 0 Å². The van der Waals surface area contributed by atoms with Gasteiger partial charge in [-0.15, -0.1) is 11.3 Å². The Bertz CT molecular complexity index is 1230. The highest BCUT2D eigenvalue weighted by Gasteiger charge is 2.26. The molecule has 0 radical (unpaired) electrons. The highest BCUT2D eigenvalue weighted by Crippen LogP contribution is 2.39. The van der Waals surface area contributed by atoms with Gasteiger partial charge in [0.15, 0.2) is 11.5 Å². The Morgan fingerprint density at radius 3 is 2.74 bits per heavy atom. The van der Waals surface area contributed by atoms with Gasteiger partial charge in [-0.25, -0.2) is 9.37 Å². The summed E-state index contributed by atoms with van der Waals surface area (Å²) in [6.45, 7) is 3.31. The van der Waals surface area contributed by atoms with Crippen LogP contribution in [0, 0.1) is 5.82 Å². The molecule has 0 unspecified atom stereocenters. The first-order valence-corrected chi connectivity index (χ1v) is 11.4. The number of benzene rings is 2. The molecule has 0 bridgehead atoms. The van der Waals surface area contributed by atoms with Gasteiger partial charge < -0.3 is 14.0 Å². The summed E-state index contributed by atoms with van der Waals surface area (Å²) in [5, 5.41) is 2.14. The summed E-state index contributed by atoms with van der Waals surface area (Å²) in [4.78, 5) is 8.76. The van der Waals surface area contributed by atoms with Gasteiger partial charge in [0.1, 0.15) is 11.6 Å². The summed E-state index contributed by atoms with van der Waals surface area (Å²) in [5.74, 6) is 2.07.